The first kappa shape index (κ1) is 17.4. The smallest absolute Gasteiger partial charge is 0.265 e. The number of piperazine rings is 1. The Morgan fingerprint density at radius 2 is 1.88 bits per heavy atom. The second-order valence-electron chi connectivity index (χ2n) is 6.41. The number of rotatable bonds is 4. The summed E-state index contributed by atoms with van der Waals surface area (Å²) in [6, 6.07) is 5.04. The summed E-state index contributed by atoms with van der Waals surface area (Å²) in [5, 5.41) is 0. The van der Waals surface area contributed by atoms with Gasteiger partial charge in [0.05, 0.1) is 5.69 Å². The molecule has 0 spiro atoms. The molecule has 0 saturated carbocycles. The molecule has 1 fully saturated rings. The number of ether oxygens (including phenoxy) is 1. The van der Waals surface area contributed by atoms with E-state index in [9.17, 15) is 14.4 Å². The molecule has 2 heterocycles. The maximum Gasteiger partial charge on any atom is 0.265 e. The average molecular weight is 345 g/mol. The van der Waals surface area contributed by atoms with Gasteiger partial charge in [-0.05, 0) is 25.2 Å². The summed E-state index contributed by atoms with van der Waals surface area (Å²) < 4.78 is 5.44. The predicted octanol–water partition coefficient (Wildman–Crippen LogP) is 0.779. The van der Waals surface area contributed by atoms with Gasteiger partial charge < -0.3 is 14.5 Å². The van der Waals surface area contributed by atoms with Crippen molar-refractivity contribution in [3.8, 4) is 5.75 Å². The van der Waals surface area contributed by atoms with E-state index < -0.39 is 0 Å². The lowest BCUT2D eigenvalue weighted by molar-refractivity contribution is -0.133. The molecule has 3 rings (SSSR count). The fourth-order valence-corrected chi connectivity index (χ4v) is 3.04. The van der Waals surface area contributed by atoms with E-state index in [0.29, 0.717) is 36.5 Å². The van der Waals surface area contributed by atoms with Gasteiger partial charge in [0, 0.05) is 38.2 Å². The standard InChI is InChI=1S/C18H23N3O4/c1-3-15(22)13-4-5-16-14(10-13)21(18(24)12-25-16)11-17(23)20-8-6-19(2)7-9-20/h4-5,10H,3,6-9,11-12H2,1-2H3. The van der Waals surface area contributed by atoms with Crippen LogP contribution in [0.1, 0.15) is 23.7 Å². The number of ketones is 1. The Kier molecular flexibility index (Phi) is 5.03. The molecule has 134 valence electrons. The van der Waals surface area contributed by atoms with Crippen LogP contribution in [0, 0.1) is 0 Å². The van der Waals surface area contributed by atoms with Crippen LogP contribution >= 0.6 is 0 Å². The van der Waals surface area contributed by atoms with Crippen LogP contribution in [0.5, 0.6) is 5.75 Å². The fourth-order valence-electron chi connectivity index (χ4n) is 3.04. The molecule has 0 unspecified atom stereocenters. The molecular formula is C18H23N3O4. The van der Waals surface area contributed by atoms with E-state index in [0.717, 1.165) is 13.1 Å². The normalized spacial score (nSPS) is 17.9. The summed E-state index contributed by atoms with van der Waals surface area (Å²) in [6.45, 7) is 4.65. The first-order valence-corrected chi connectivity index (χ1v) is 8.56. The highest BCUT2D eigenvalue weighted by Gasteiger charge is 2.30. The number of nitrogens with zero attached hydrogens (tertiary/aromatic N) is 3. The second kappa shape index (κ2) is 7.23. The van der Waals surface area contributed by atoms with Gasteiger partial charge in [-0.2, -0.15) is 0 Å². The number of carbonyl (C=O) groups is 3. The van der Waals surface area contributed by atoms with Crippen molar-refractivity contribution in [1.29, 1.82) is 0 Å². The summed E-state index contributed by atoms with van der Waals surface area (Å²) >= 11 is 0. The molecule has 7 nitrogen and oxygen atoms in total. The molecule has 2 aliphatic rings. The minimum absolute atomic E-state index is 0.00818. The number of anilines is 1. The van der Waals surface area contributed by atoms with E-state index in [1.165, 1.54) is 4.90 Å². The molecule has 0 radical (unpaired) electrons. The van der Waals surface area contributed by atoms with Crippen molar-refractivity contribution >= 4 is 23.3 Å². The SMILES string of the molecule is CCC(=O)c1ccc2c(c1)N(CC(=O)N1CCN(C)CC1)C(=O)CO2. The van der Waals surface area contributed by atoms with Gasteiger partial charge in [-0.3, -0.25) is 19.3 Å². The lowest BCUT2D eigenvalue weighted by Gasteiger charge is -2.35. The maximum atomic E-state index is 12.6. The number of amides is 2. The molecule has 1 aromatic rings. The fraction of sp³-hybridized carbons (Fsp3) is 0.500. The Bertz CT molecular complexity index is 696. The van der Waals surface area contributed by atoms with E-state index in [1.807, 2.05) is 7.05 Å². The number of likely N-dealkylation sites (N-methyl/N-ethyl adjacent to an activating group) is 1. The van der Waals surface area contributed by atoms with Crippen molar-refractivity contribution in [3.63, 3.8) is 0 Å². The Balaban J connectivity index is 1.80. The van der Waals surface area contributed by atoms with Crippen LogP contribution in [0.2, 0.25) is 0 Å². The molecule has 1 aromatic carbocycles. The Labute approximate surface area is 147 Å². The topological polar surface area (TPSA) is 70.2 Å². The molecule has 0 aliphatic carbocycles. The third-order valence-corrected chi connectivity index (χ3v) is 4.69. The summed E-state index contributed by atoms with van der Waals surface area (Å²) in [5.74, 6) is 0.169. The van der Waals surface area contributed by atoms with Gasteiger partial charge in [0.2, 0.25) is 5.91 Å². The van der Waals surface area contributed by atoms with Crippen molar-refractivity contribution in [2.24, 2.45) is 0 Å². The molecule has 2 amide bonds. The molecule has 0 bridgehead atoms. The summed E-state index contributed by atoms with van der Waals surface area (Å²) in [7, 11) is 2.02. The third-order valence-electron chi connectivity index (χ3n) is 4.69. The quantitative estimate of drug-likeness (QED) is 0.754. The zero-order valence-corrected chi connectivity index (χ0v) is 14.7. The molecule has 25 heavy (non-hydrogen) atoms. The van der Waals surface area contributed by atoms with Gasteiger partial charge in [-0.1, -0.05) is 6.92 Å². The summed E-state index contributed by atoms with van der Waals surface area (Å²) in [5.41, 5.74) is 1.02. The lowest BCUT2D eigenvalue weighted by Crippen LogP contribution is -2.52. The third kappa shape index (κ3) is 3.66. The van der Waals surface area contributed by atoms with E-state index in [2.05, 4.69) is 4.90 Å². The van der Waals surface area contributed by atoms with Crippen molar-refractivity contribution in [2.75, 3.05) is 51.3 Å². The summed E-state index contributed by atoms with van der Waals surface area (Å²) in [4.78, 5) is 42.3. The molecular weight excluding hydrogens is 322 g/mol. The highest BCUT2D eigenvalue weighted by Crippen LogP contribution is 2.33. The average Bonchev–Trinajstić information content (AvgIpc) is 2.63. The molecule has 0 N–H and O–H groups in total. The monoisotopic (exact) mass is 345 g/mol. The summed E-state index contributed by atoms with van der Waals surface area (Å²) in [6.07, 6.45) is 0.383. The number of hydrogen-bond acceptors (Lipinski definition) is 5. The Morgan fingerprint density at radius 3 is 2.56 bits per heavy atom. The lowest BCUT2D eigenvalue weighted by atomic mass is 10.1. The Morgan fingerprint density at radius 1 is 1.16 bits per heavy atom. The van der Waals surface area contributed by atoms with Gasteiger partial charge >= 0.3 is 0 Å². The van der Waals surface area contributed by atoms with Crippen LogP contribution in [-0.4, -0.2) is 73.8 Å². The van der Waals surface area contributed by atoms with Crippen molar-refractivity contribution in [3.05, 3.63) is 23.8 Å². The number of carbonyl (C=O) groups excluding carboxylic acids is 3. The molecule has 2 aliphatic heterocycles. The molecule has 0 atom stereocenters. The van der Waals surface area contributed by atoms with E-state index >= 15 is 0 Å². The van der Waals surface area contributed by atoms with E-state index in [-0.39, 0.29) is 30.7 Å². The maximum absolute atomic E-state index is 12.6. The van der Waals surface area contributed by atoms with Crippen LogP contribution in [0.25, 0.3) is 0 Å². The van der Waals surface area contributed by atoms with Crippen LogP contribution in [0.15, 0.2) is 18.2 Å². The predicted molar refractivity (Wildman–Crippen MR) is 93.0 cm³/mol. The van der Waals surface area contributed by atoms with Crippen molar-refractivity contribution < 1.29 is 19.1 Å². The zero-order chi connectivity index (χ0) is 18.0. The van der Waals surface area contributed by atoms with Crippen molar-refractivity contribution in [1.82, 2.24) is 9.80 Å². The van der Waals surface area contributed by atoms with E-state index in [4.69, 9.17) is 4.74 Å². The van der Waals surface area contributed by atoms with Gasteiger partial charge in [0.15, 0.2) is 12.4 Å². The second-order valence-corrected chi connectivity index (χ2v) is 6.41. The van der Waals surface area contributed by atoms with Crippen LogP contribution in [-0.2, 0) is 9.59 Å². The van der Waals surface area contributed by atoms with Gasteiger partial charge in [0.25, 0.3) is 5.91 Å². The number of Topliss-reactive ketones (excluding diaryl/α,β-unsaturated/α-hetero) is 1. The largest absolute Gasteiger partial charge is 0.482 e. The van der Waals surface area contributed by atoms with Crippen molar-refractivity contribution in [2.45, 2.75) is 13.3 Å². The van der Waals surface area contributed by atoms with Gasteiger partial charge in [-0.15, -0.1) is 0 Å². The number of benzene rings is 1. The Hall–Kier alpha value is -2.41. The zero-order valence-electron chi connectivity index (χ0n) is 14.7. The highest BCUT2D eigenvalue weighted by atomic mass is 16.5. The van der Waals surface area contributed by atoms with Gasteiger partial charge in [-0.25, -0.2) is 0 Å². The van der Waals surface area contributed by atoms with Gasteiger partial charge in [0.1, 0.15) is 12.3 Å². The first-order valence-electron chi connectivity index (χ1n) is 8.56. The number of fused-ring (bicyclic) bond motifs is 1. The molecule has 0 aromatic heterocycles. The van der Waals surface area contributed by atoms with Crippen LogP contribution in [0.4, 0.5) is 5.69 Å². The minimum atomic E-state index is -0.268. The molecule has 7 heteroatoms. The minimum Gasteiger partial charge on any atom is -0.482 e. The molecule has 1 saturated heterocycles. The number of hydrogen-bond donors (Lipinski definition) is 0. The van der Waals surface area contributed by atoms with Crippen LogP contribution < -0.4 is 9.64 Å². The van der Waals surface area contributed by atoms with E-state index in [1.54, 1.807) is 30.0 Å². The first-order chi connectivity index (χ1) is 12.0. The highest BCUT2D eigenvalue weighted by molar-refractivity contribution is 6.04. The van der Waals surface area contributed by atoms with Crippen LogP contribution in [0.3, 0.4) is 0 Å².